The third-order valence-corrected chi connectivity index (χ3v) is 5.93. The van der Waals surface area contributed by atoms with Crippen LogP contribution in [0.3, 0.4) is 0 Å². The second-order valence-electron chi connectivity index (χ2n) is 8.12. The van der Waals surface area contributed by atoms with Gasteiger partial charge >= 0.3 is 12.1 Å². The Bertz CT molecular complexity index is 787. The quantitative estimate of drug-likeness (QED) is 0.736. The van der Waals surface area contributed by atoms with E-state index in [0.29, 0.717) is 44.8 Å². The predicted molar refractivity (Wildman–Crippen MR) is 95.1 cm³/mol. The lowest BCUT2D eigenvalue weighted by Gasteiger charge is -2.47. The monoisotopic (exact) mass is 413 g/mol. The Labute approximate surface area is 165 Å². The van der Waals surface area contributed by atoms with Gasteiger partial charge in [-0.2, -0.15) is 13.2 Å². The van der Waals surface area contributed by atoms with Gasteiger partial charge in [-0.3, -0.25) is 9.59 Å². The first-order chi connectivity index (χ1) is 13.6. The van der Waals surface area contributed by atoms with Crippen LogP contribution in [0.5, 0.6) is 0 Å². The third kappa shape index (κ3) is 3.90. The number of β-amino-alcohol motifs (C(OH)–C–C–N with tert-alkyl or cyclic N) is 1. The van der Waals surface area contributed by atoms with Crippen LogP contribution in [0.2, 0.25) is 0 Å². The Balaban J connectivity index is 1.22. The van der Waals surface area contributed by atoms with Crippen molar-refractivity contribution >= 4 is 17.7 Å². The first-order valence-electron chi connectivity index (χ1n) is 9.58. The van der Waals surface area contributed by atoms with Crippen LogP contribution in [0.15, 0.2) is 18.3 Å². The molecule has 1 atom stereocenters. The molecule has 29 heavy (non-hydrogen) atoms. The number of aromatic nitrogens is 1. The number of aliphatic hydroxyl groups is 1. The largest absolute Gasteiger partial charge is 0.465 e. The number of likely N-dealkylation sites (tertiary alicyclic amines) is 1. The molecule has 3 aliphatic heterocycles. The molecule has 0 radical (unpaired) electrons. The van der Waals surface area contributed by atoms with Crippen LogP contribution in [0, 0.1) is 5.92 Å². The van der Waals surface area contributed by atoms with Crippen LogP contribution < -0.4 is 4.90 Å². The van der Waals surface area contributed by atoms with Crippen molar-refractivity contribution in [1.82, 2.24) is 9.88 Å². The summed E-state index contributed by atoms with van der Waals surface area (Å²) in [5, 5.41) is 9.52. The van der Waals surface area contributed by atoms with Gasteiger partial charge in [0.15, 0.2) is 5.60 Å². The van der Waals surface area contributed by atoms with Gasteiger partial charge < -0.3 is 19.6 Å². The summed E-state index contributed by atoms with van der Waals surface area (Å²) in [7, 11) is 0. The van der Waals surface area contributed by atoms with E-state index in [2.05, 4.69) is 4.98 Å². The highest BCUT2D eigenvalue weighted by atomic mass is 19.4. The highest BCUT2D eigenvalue weighted by Gasteiger charge is 2.61. The van der Waals surface area contributed by atoms with Gasteiger partial charge in [-0.05, 0) is 18.1 Å². The van der Waals surface area contributed by atoms with Gasteiger partial charge in [0.05, 0.1) is 26.1 Å². The van der Waals surface area contributed by atoms with E-state index in [1.807, 2.05) is 0 Å². The maximum absolute atomic E-state index is 12.7. The molecule has 0 aromatic carbocycles. The van der Waals surface area contributed by atoms with Crippen molar-refractivity contribution in [3.63, 3.8) is 0 Å². The minimum Gasteiger partial charge on any atom is -0.465 e. The van der Waals surface area contributed by atoms with Gasteiger partial charge in [0.1, 0.15) is 5.82 Å². The van der Waals surface area contributed by atoms with Crippen LogP contribution in [-0.2, 0) is 14.3 Å². The van der Waals surface area contributed by atoms with E-state index in [9.17, 15) is 27.9 Å². The van der Waals surface area contributed by atoms with Crippen LogP contribution in [-0.4, -0.2) is 71.4 Å². The smallest absolute Gasteiger partial charge is 0.420 e. The van der Waals surface area contributed by atoms with E-state index in [4.69, 9.17) is 4.74 Å². The predicted octanol–water partition coefficient (Wildman–Crippen LogP) is 1.46. The minimum absolute atomic E-state index is 0.0530. The minimum atomic E-state index is -4.65. The average Bonchev–Trinajstić information content (AvgIpc) is 3.01. The van der Waals surface area contributed by atoms with E-state index in [0.717, 1.165) is 5.56 Å². The summed E-state index contributed by atoms with van der Waals surface area (Å²) in [5.41, 5.74) is -1.74. The number of carbonyl (C=O) groups excluding carboxylic acids is 2. The van der Waals surface area contributed by atoms with Gasteiger partial charge in [-0.1, -0.05) is 6.07 Å². The third-order valence-electron chi connectivity index (χ3n) is 5.93. The molecule has 3 saturated heterocycles. The first kappa shape index (κ1) is 19.9. The molecule has 10 heteroatoms. The molecule has 0 saturated carbocycles. The van der Waals surface area contributed by atoms with Crippen LogP contribution in [0.1, 0.15) is 30.7 Å². The normalized spacial score (nSPS) is 24.1. The molecule has 0 aliphatic carbocycles. The van der Waals surface area contributed by atoms with Gasteiger partial charge in [0, 0.05) is 37.5 Å². The molecule has 1 N–H and O–H groups in total. The topological polar surface area (TPSA) is 83.0 Å². The Hall–Kier alpha value is -2.36. The number of amides is 1. The van der Waals surface area contributed by atoms with Gasteiger partial charge in [-0.15, -0.1) is 0 Å². The zero-order valence-corrected chi connectivity index (χ0v) is 15.7. The van der Waals surface area contributed by atoms with E-state index >= 15 is 0 Å². The molecule has 0 bridgehead atoms. The number of anilines is 1. The zero-order chi connectivity index (χ0) is 20.8. The summed E-state index contributed by atoms with van der Waals surface area (Å²) in [6.07, 6.45) is -1.62. The molecule has 1 aromatic heterocycles. The number of alkyl halides is 3. The second kappa shape index (κ2) is 7.16. The first-order valence-corrected chi connectivity index (χ1v) is 9.58. The van der Waals surface area contributed by atoms with Crippen molar-refractivity contribution in [3.05, 3.63) is 23.9 Å². The standard InChI is InChI=1S/C19H22F3N3O4/c20-19(21,22)18(28)10-25(11-18)15-3-2-13(6-23-15)14-7-24(8-14)16(26)4-1-12-5-17(27)29-9-12/h2-3,6,12,14,28H,1,4-5,7-11H2/t12-/m0/s1. The molecule has 4 rings (SSSR count). The number of nitrogens with zero attached hydrogens (tertiary/aromatic N) is 3. The second-order valence-corrected chi connectivity index (χ2v) is 8.12. The number of pyridine rings is 1. The summed E-state index contributed by atoms with van der Waals surface area (Å²) in [4.78, 5) is 30.7. The molecule has 1 aromatic rings. The van der Waals surface area contributed by atoms with Crippen LogP contribution in [0.4, 0.5) is 19.0 Å². The summed E-state index contributed by atoms with van der Waals surface area (Å²) < 4.78 is 43.0. The summed E-state index contributed by atoms with van der Waals surface area (Å²) in [6, 6.07) is 3.45. The molecule has 3 fully saturated rings. The zero-order valence-electron chi connectivity index (χ0n) is 15.7. The fourth-order valence-corrected chi connectivity index (χ4v) is 3.88. The average molecular weight is 413 g/mol. The lowest BCUT2D eigenvalue weighted by Crippen LogP contribution is -2.69. The molecular weight excluding hydrogens is 391 g/mol. The van der Waals surface area contributed by atoms with Gasteiger partial charge in [0.25, 0.3) is 0 Å². The molecule has 0 unspecified atom stereocenters. The Morgan fingerprint density at radius 2 is 2.03 bits per heavy atom. The number of esters is 1. The van der Waals surface area contributed by atoms with Crippen LogP contribution in [0.25, 0.3) is 0 Å². The van der Waals surface area contributed by atoms with Crippen molar-refractivity contribution in [2.75, 3.05) is 37.7 Å². The molecule has 0 spiro atoms. The summed E-state index contributed by atoms with van der Waals surface area (Å²) in [5.74, 6) is 0.515. The van der Waals surface area contributed by atoms with Crippen molar-refractivity contribution in [3.8, 4) is 0 Å². The number of hydrogen-bond donors (Lipinski definition) is 1. The lowest BCUT2D eigenvalue weighted by molar-refractivity contribution is -0.267. The SMILES string of the molecule is O=C1C[C@H](CCC(=O)N2CC(c3ccc(N4CC(O)(C(F)(F)F)C4)nc3)C2)CO1. The van der Waals surface area contributed by atoms with E-state index in [-0.39, 0.29) is 23.7 Å². The van der Waals surface area contributed by atoms with Gasteiger partial charge in [-0.25, -0.2) is 4.98 Å². The van der Waals surface area contributed by atoms with E-state index in [1.54, 1.807) is 23.2 Å². The Morgan fingerprint density at radius 1 is 1.31 bits per heavy atom. The fourth-order valence-electron chi connectivity index (χ4n) is 3.88. The molecule has 1 amide bonds. The molecular formula is C19H22F3N3O4. The molecule has 4 heterocycles. The lowest BCUT2D eigenvalue weighted by atomic mass is 9.91. The number of cyclic esters (lactones) is 1. The van der Waals surface area contributed by atoms with Crippen molar-refractivity contribution < 1.29 is 32.6 Å². The fraction of sp³-hybridized carbons (Fsp3) is 0.632. The number of ether oxygens (including phenoxy) is 1. The van der Waals surface area contributed by atoms with Crippen molar-refractivity contribution in [1.29, 1.82) is 0 Å². The highest BCUT2D eigenvalue weighted by Crippen LogP contribution is 2.39. The number of carbonyl (C=O) groups is 2. The molecule has 7 nitrogen and oxygen atoms in total. The number of rotatable bonds is 5. The number of halogens is 3. The maximum atomic E-state index is 12.7. The molecule has 158 valence electrons. The maximum Gasteiger partial charge on any atom is 0.420 e. The summed E-state index contributed by atoms with van der Waals surface area (Å²) >= 11 is 0. The molecule has 3 aliphatic rings. The van der Waals surface area contributed by atoms with Crippen LogP contribution >= 0.6 is 0 Å². The van der Waals surface area contributed by atoms with E-state index in [1.165, 1.54) is 4.90 Å². The van der Waals surface area contributed by atoms with E-state index < -0.39 is 24.9 Å². The van der Waals surface area contributed by atoms with Crippen molar-refractivity contribution in [2.24, 2.45) is 5.92 Å². The number of hydrogen-bond acceptors (Lipinski definition) is 6. The summed E-state index contributed by atoms with van der Waals surface area (Å²) in [6.45, 7) is 0.511. The highest BCUT2D eigenvalue weighted by molar-refractivity contribution is 5.77. The Morgan fingerprint density at radius 3 is 2.59 bits per heavy atom. The van der Waals surface area contributed by atoms with Gasteiger partial charge in [0.2, 0.25) is 5.91 Å². The van der Waals surface area contributed by atoms with Crippen molar-refractivity contribution in [2.45, 2.75) is 37.0 Å². The Kier molecular flexibility index (Phi) is 4.92.